The van der Waals surface area contributed by atoms with Crippen LogP contribution in [-0.2, 0) is 6.54 Å². The van der Waals surface area contributed by atoms with Crippen LogP contribution in [0.25, 0.3) is 32.2 Å². The monoisotopic (exact) mass is 323 g/mol. The lowest BCUT2D eigenvalue weighted by molar-refractivity contribution is 0.827. The first-order chi connectivity index (χ1) is 10.7. The molecular formula is C19H17NS2. The maximum absolute atomic E-state index is 4.49. The maximum atomic E-state index is 4.49. The summed E-state index contributed by atoms with van der Waals surface area (Å²) in [4.78, 5) is 1.32. The highest BCUT2D eigenvalue weighted by molar-refractivity contribution is 7.83. The molecule has 4 rings (SSSR count). The van der Waals surface area contributed by atoms with E-state index in [-0.39, 0.29) is 0 Å². The molecule has 110 valence electrons. The average Bonchev–Trinajstić information content (AvgIpc) is 3.03. The summed E-state index contributed by atoms with van der Waals surface area (Å²) in [6.07, 6.45) is 0. The van der Waals surface area contributed by atoms with Gasteiger partial charge in [0.1, 0.15) is 0 Å². The van der Waals surface area contributed by atoms with E-state index in [4.69, 9.17) is 0 Å². The number of rotatable bonds is 2. The van der Waals surface area contributed by atoms with E-state index in [9.17, 15) is 0 Å². The number of hydrogen-bond donors (Lipinski definition) is 1. The zero-order valence-electron chi connectivity index (χ0n) is 12.6. The Morgan fingerprint density at radius 1 is 1.00 bits per heavy atom. The fourth-order valence-electron chi connectivity index (χ4n) is 3.29. The van der Waals surface area contributed by atoms with E-state index >= 15 is 0 Å². The van der Waals surface area contributed by atoms with E-state index in [1.54, 1.807) is 11.3 Å². The molecule has 4 aromatic rings. The molecule has 22 heavy (non-hydrogen) atoms. The van der Waals surface area contributed by atoms with Crippen molar-refractivity contribution < 1.29 is 0 Å². The molecular weight excluding hydrogens is 306 g/mol. The Bertz CT molecular complexity index is 991. The Morgan fingerprint density at radius 3 is 2.50 bits per heavy atom. The van der Waals surface area contributed by atoms with Gasteiger partial charge >= 0.3 is 0 Å². The Hall–Kier alpha value is -1.71. The molecule has 0 fully saturated rings. The molecule has 0 bridgehead atoms. The molecule has 3 heteroatoms. The largest absolute Gasteiger partial charge is 0.341 e. The van der Waals surface area contributed by atoms with Crippen molar-refractivity contribution in [3.8, 4) is 10.4 Å². The number of nitrogens with zero attached hydrogens (tertiary/aromatic N) is 1. The average molecular weight is 323 g/mol. The fourth-order valence-corrected chi connectivity index (χ4v) is 4.66. The fraction of sp³-hybridized carbons (Fsp3) is 0.158. The van der Waals surface area contributed by atoms with Gasteiger partial charge in [-0.1, -0.05) is 24.3 Å². The van der Waals surface area contributed by atoms with Gasteiger partial charge in [-0.2, -0.15) is 0 Å². The third-order valence-corrected chi connectivity index (χ3v) is 5.75. The van der Waals surface area contributed by atoms with Crippen LogP contribution in [0.15, 0.2) is 52.7 Å². The molecule has 0 saturated carbocycles. The maximum Gasteiger partial charge on any atom is 0.0577 e. The van der Waals surface area contributed by atoms with Gasteiger partial charge in [0, 0.05) is 33.2 Å². The summed E-state index contributed by atoms with van der Waals surface area (Å²) in [6.45, 7) is 5.35. The number of para-hydroxylation sites is 1. The van der Waals surface area contributed by atoms with Gasteiger partial charge < -0.3 is 4.57 Å². The van der Waals surface area contributed by atoms with E-state index < -0.39 is 0 Å². The summed E-state index contributed by atoms with van der Waals surface area (Å²) in [5.74, 6) is 0. The summed E-state index contributed by atoms with van der Waals surface area (Å²) in [5, 5.41) is 2.67. The molecule has 0 amide bonds. The van der Waals surface area contributed by atoms with Crippen molar-refractivity contribution >= 4 is 45.8 Å². The molecule has 1 nitrogen and oxygen atoms in total. The molecule has 0 saturated heterocycles. The molecule has 0 atom stereocenters. The predicted octanol–water partition coefficient (Wildman–Crippen LogP) is 6.14. The molecule has 2 heterocycles. The quantitative estimate of drug-likeness (QED) is 0.423. The molecule has 0 N–H and O–H groups in total. The van der Waals surface area contributed by atoms with Crippen LogP contribution in [0.2, 0.25) is 0 Å². The summed E-state index contributed by atoms with van der Waals surface area (Å²) >= 11 is 6.24. The summed E-state index contributed by atoms with van der Waals surface area (Å²) in [5.41, 5.74) is 5.21. The van der Waals surface area contributed by atoms with E-state index in [0.717, 1.165) is 10.8 Å². The first-order valence-electron chi connectivity index (χ1n) is 7.50. The minimum Gasteiger partial charge on any atom is -0.341 e. The first kappa shape index (κ1) is 13.9. The van der Waals surface area contributed by atoms with Gasteiger partial charge in [0.15, 0.2) is 0 Å². The zero-order chi connectivity index (χ0) is 15.3. The van der Waals surface area contributed by atoms with Gasteiger partial charge in [-0.15, -0.1) is 24.0 Å². The minimum atomic E-state index is 0.988. The number of aromatic nitrogens is 1. The van der Waals surface area contributed by atoms with Crippen molar-refractivity contribution in [2.24, 2.45) is 0 Å². The van der Waals surface area contributed by atoms with Gasteiger partial charge in [0.25, 0.3) is 0 Å². The Balaban J connectivity index is 2.05. The highest BCUT2D eigenvalue weighted by Gasteiger charge is 2.12. The highest BCUT2D eigenvalue weighted by atomic mass is 32.2. The summed E-state index contributed by atoms with van der Waals surface area (Å²) in [6, 6.07) is 17.6. The van der Waals surface area contributed by atoms with Gasteiger partial charge in [-0.3, -0.25) is 0 Å². The van der Waals surface area contributed by atoms with Crippen LogP contribution in [0.4, 0.5) is 0 Å². The van der Waals surface area contributed by atoms with E-state index in [1.165, 1.54) is 37.8 Å². The standard InChI is InChI=1S/C19H17NS2/c1-3-20-16-7-5-4-6-14(16)15-11-13(8-9-17(15)20)19-12(2)10-18(21)22-19/h4-11,21H,3H2,1-2H3. The molecule has 0 unspecified atom stereocenters. The molecule has 0 aliphatic carbocycles. The summed E-state index contributed by atoms with van der Waals surface area (Å²) < 4.78 is 3.46. The van der Waals surface area contributed by atoms with E-state index in [0.29, 0.717) is 0 Å². The van der Waals surface area contributed by atoms with E-state index in [2.05, 4.69) is 79.6 Å². The van der Waals surface area contributed by atoms with Crippen LogP contribution in [0, 0.1) is 6.92 Å². The SMILES string of the molecule is CCn1c2ccccc2c2cc(-c3sc(S)cc3C)ccc21. The van der Waals surface area contributed by atoms with Crippen molar-refractivity contribution in [2.45, 2.75) is 24.6 Å². The molecule has 0 aliphatic rings. The summed E-state index contributed by atoms with van der Waals surface area (Å²) in [7, 11) is 0. The van der Waals surface area contributed by atoms with E-state index in [1.807, 2.05) is 0 Å². The molecule has 0 radical (unpaired) electrons. The van der Waals surface area contributed by atoms with Gasteiger partial charge in [-0.25, -0.2) is 0 Å². The topological polar surface area (TPSA) is 4.93 Å². The first-order valence-corrected chi connectivity index (χ1v) is 8.76. The van der Waals surface area contributed by atoms with Crippen LogP contribution in [0.3, 0.4) is 0 Å². The van der Waals surface area contributed by atoms with Crippen molar-refractivity contribution in [2.75, 3.05) is 0 Å². The van der Waals surface area contributed by atoms with Crippen molar-refractivity contribution in [3.63, 3.8) is 0 Å². The Morgan fingerprint density at radius 2 is 1.77 bits per heavy atom. The van der Waals surface area contributed by atoms with Gasteiger partial charge in [-0.05, 0) is 49.2 Å². The minimum absolute atomic E-state index is 0.988. The molecule has 0 aliphatic heterocycles. The van der Waals surface area contributed by atoms with Gasteiger partial charge in [0.05, 0.1) is 4.21 Å². The highest BCUT2D eigenvalue weighted by Crippen LogP contribution is 2.37. The Labute approximate surface area is 139 Å². The third kappa shape index (κ3) is 2.00. The normalized spacial score (nSPS) is 11.6. The second kappa shape index (κ2) is 5.18. The third-order valence-electron chi connectivity index (χ3n) is 4.26. The molecule has 2 aromatic carbocycles. The lowest BCUT2D eigenvalue weighted by Gasteiger charge is -2.04. The predicted molar refractivity (Wildman–Crippen MR) is 100 cm³/mol. The number of aryl methyl sites for hydroxylation is 2. The Kier molecular flexibility index (Phi) is 3.28. The lowest BCUT2D eigenvalue weighted by atomic mass is 10.1. The van der Waals surface area contributed by atoms with Crippen molar-refractivity contribution in [1.82, 2.24) is 4.57 Å². The number of thiol groups is 1. The molecule has 0 spiro atoms. The van der Waals surface area contributed by atoms with Gasteiger partial charge in [0.2, 0.25) is 0 Å². The second-order valence-electron chi connectivity index (χ2n) is 5.59. The van der Waals surface area contributed by atoms with Crippen LogP contribution in [0.5, 0.6) is 0 Å². The van der Waals surface area contributed by atoms with Crippen LogP contribution in [0.1, 0.15) is 12.5 Å². The van der Waals surface area contributed by atoms with Crippen LogP contribution >= 0.6 is 24.0 Å². The van der Waals surface area contributed by atoms with Crippen molar-refractivity contribution in [1.29, 1.82) is 0 Å². The lowest BCUT2D eigenvalue weighted by Crippen LogP contribution is -1.92. The smallest absolute Gasteiger partial charge is 0.0577 e. The van der Waals surface area contributed by atoms with Crippen molar-refractivity contribution in [3.05, 3.63) is 54.1 Å². The molecule has 2 aromatic heterocycles. The van der Waals surface area contributed by atoms with Crippen LogP contribution in [-0.4, -0.2) is 4.57 Å². The zero-order valence-corrected chi connectivity index (χ0v) is 14.3. The number of thiophene rings is 1. The number of fused-ring (bicyclic) bond motifs is 3. The number of benzene rings is 2. The van der Waals surface area contributed by atoms with Crippen LogP contribution < -0.4 is 0 Å². The second-order valence-corrected chi connectivity index (χ2v) is 7.43. The number of hydrogen-bond acceptors (Lipinski definition) is 2.